The lowest BCUT2D eigenvalue weighted by Gasteiger charge is -2.10. The third-order valence-corrected chi connectivity index (χ3v) is 4.05. The van der Waals surface area contributed by atoms with E-state index in [1.165, 1.54) is 6.07 Å². The molecule has 3 N–H and O–H groups in total. The molecule has 0 aliphatic carbocycles. The normalized spacial score (nSPS) is 10.2. The van der Waals surface area contributed by atoms with E-state index in [-0.39, 0.29) is 11.3 Å². The SMILES string of the molecule is Cc1ccc(NC(=O)NCc2sccc2C)c(C(=O)O)c1. The van der Waals surface area contributed by atoms with Gasteiger partial charge in [0.2, 0.25) is 0 Å². The molecule has 2 aromatic rings. The quantitative estimate of drug-likeness (QED) is 0.810. The highest BCUT2D eigenvalue weighted by Gasteiger charge is 2.12. The van der Waals surface area contributed by atoms with Crippen LogP contribution in [0.1, 0.15) is 26.4 Å². The van der Waals surface area contributed by atoms with Gasteiger partial charge in [-0.15, -0.1) is 11.3 Å². The number of nitrogens with one attached hydrogen (secondary N) is 2. The van der Waals surface area contributed by atoms with Crippen LogP contribution in [0.2, 0.25) is 0 Å². The van der Waals surface area contributed by atoms with E-state index in [0.29, 0.717) is 6.54 Å². The van der Waals surface area contributed by atoms with Crippen molar-refractivity contribution in [1.82, 2.24) is 5.32 Å². The zero-order valence-corrected chi connectivity index (χ0v) is 12.6. The zero-order chi connectivity index (χ0) is 15.4. The lowest BCUT2D eigenvalue weighted by molar-refractivity contribution is 0.0698. The Kier molecular flexibility index (Phi) is 4.59. The number of hydrogen-bond acceptors (Lipinski definition) is 3. The van der Waals surface area contributed by atoms with Crippen molar-refractivity contribution in [3.8, 4) is 0 Å². The van der Waals surface area contributed by atoms with E-state index in [0.717, 1.165) is 16.0 Å². The Labute approximate surface area is 126 Å². The van der Waals surface area contributed by atoms with Crippen LogP contribution in [0.3, 0.4) is 0 Å². The average Bonchev–Trinajstić information content (AvgIpc) is 2.84. The van der Waals surface area contributed by atoms with E-state index in [4.69, 9.17) is 5.11 Å². The van der Waals surface area contributed by atoms with Gasteiger partial charge in [-0.1, -0.05) is 11.6 Å². The van der Waals surface area contributed by atoms with Gasteiger partial charge in [0.1, 0.15) is 0 Å². The lowest BCUT2D eigenvalue weighted by Crippen LogP contribution is -2.28. The molecule has 0 saturated heterocycles. The van der Waals surface area contributed by atoms with Gasteiger partial charge in [0.05, 0.1) is 17.8 Å². The maximum Gasteiger partial charge on any atom is 0.337 e. The molecule has 0 saturated carbocycles. The minimum Gasteiger partial charge on any atom is -0.478 e. The number of aromatic carboxylic acids is 1. The number of carbonyl (C=O) groups excluding carboxylic acids is 1. The van der Waals surface area contributed by atoms with Gasteiger partial charge in [-0.05, 0) is 43.0 Å². The number of carbonyl (C=O) groups is 2. The molecule has 0 radical (unpaired) electrons. The minimum absolute atomic E-state index is 0.0810. The molecule has 0 spiro atoms. The van der Waals surface area contributed by atoms with Crippen molar-refractivity contribution in [2.45, 2.75) is 20.4 Å². The number of hydrogen-bond donors (Lipinski definition) is 3. The summed E-state index contributed by atoms with van der Waals surface area (Å²) in [6.07, 6.45) is 0. The van der Waals surface area contributed by atoms with Crippen LogP contribution in [0.5, 0.6) is 0 Å². The molecule has 2 amide bonds. The molecule has 1 heterocycles. The van der Waals surface area contributed by atoms with Crippen molar-refractivity contribution >= 4 is 29.0 Å². The smallest absolute Gasteiger partial charge is 0.337 e. The van der Waals surface area contributed by atoms with E-state index in [1.54, 1.807) is 30.4 Å². The Morgan fingerprint density at radius 2 is 2.00 bits per heavy atom. The molecule has 2 rings (SSSR count). The fraction of sp³-hybridized carbons (Fsp3) is 0.200. The van der Waals surface area contributed by atoms with Crippen LogP contribution in [0, 0.1) is 13.8 Å². The Balaban J connectivity index is 2.03. The van der Waals surface area contributed by atoms with E-state index in [2.05, 4.69) is 10.6 Å². The Hall–Kier alpha value is -2.34. The van der Waals surface area contributed by atoms with Crippen LogP contribution >= 0.6 is 11.3 Å². The summed E-state index contributed by atoms with van der Waals surface area (Å²) in [5, 5.41) is 16.4. The van der Waals surface area contributed by atoms with E-state index in [1.807, 2.05) is 18.4 Å². The molecule has 6 heteroatoms. The monoisotopic (exact) mass is 304 g/mol. The number of rotatable bonds is 4. The summed E-state index contributed by atoms with van der Waals surface area (Å²) < 4.78 is 0. The molecule has 5 nitrogen and oxygen atoms in total. The van der Waals surface area contributed by atoms with Crippen molar-refractivity contribution in [1.29, 1.82) is 0 Å². The Morgan fingerprint density at radius 3 is 2.62 bits per heavy atom. The Morgan fingerprint density at radius 1 is 1.24 bits per heavy atom. The number of anilines is 1. The second-order valence-electron chi connectivity index (χ2n) is 4.69. The van der Waals surface area contributed by atoms with Gasteiger partial charge in [-0.25, -0.2) is 9.59 Å². The molecular weight excluding hydrogens is 288 g/mol. The molecular formula is C15H16N2O3S. The summed E-state index contributed by atoms with van der Waals surface area (Å²) in [7, 11) is 0. The van der Waals surface area contributed by atoms with Crippen molar-refractivity contribution in [3.05, 3.63) is 51.2 Å². The Bertz CT molecular complexity index is 679. The second-order valence-corrected chi connectivity index (χ2v) is 5.69. The molecule has 0 aliphatic rings. The van der Waals surface area contributed by atoms with E-state index in [9.17, 15) is 9.59 Å². The largest absolute Gasteiger partial charge is 0.478 e. The van der Waals surface area contributed by atoms with Gasteiger partial charge in [-0.3, -0.25) is 0 Å². The third-order valence-electron chi connectivity index (χ3n) is 3.03. The molecule has 1 aromatic carbocycles. The van der Waals surface area contributed by atoms with Crippen molar-refractivity contribution < 1.29 is 14.7 Å². The van der Waals surface area contributed by atoms with Crippen molar-refractivity contribution in [2.24, 2.45) is 0 Å². The predicted octanol–water partition coefficient (Wildman–Crippen LogP) is 3.38. The fourth-order valence-corrected chi connectivity index (χ4v) is 2.70. The van der Waals surface area contributed by atoms with Gasteiger partial charge < -0.3 is 15.7 Å². The first-order chi connectivity index (χ1) is 9.97. The first-order valence-corrected chi connectivity index (χ1v) is 7.27. The van der Waals surface area contributed by atoms with Crippen LogP contribution < -0.4 is 10.6 Å². The van der Waals surface area contributed by atoms with Gasteiger partial charge in [0.15, 0.2) is 0 Å². The molecule has 21 heavy (non-hydrogen) atoms. The molecule has 0 bridgehead atoms. The minimum atomic E-state index is -1.07. The van der Waals surface area contributed by atoms with Gasteiger partial charge in [0, 0.05) is 4.88 Å². The predicted molar refractivity (Wildman–Crippen MR) is 83.1 cm³/mol. The lowest BCUT2D eigenvalue weighted by atomic mass is 10.1. The number of benzene rings is 1. The number of carboxylic acid groups (broad SMARTS) is 1. The topological polar surface area (TPSA) is 78.4 Å². The average molecular weight is 304 g/mol. The molecule has 110 valence electrons. The van der Waals surface area contributed by atoms with Gasteiger partial charge in [0.25, 0.3) is 0 Å². The summed E-state index contributed by atoms with van der Waals surface area (Å²) in [5.74, 6) is -1.07. The first kappa shape index (κ1) is 15.1. The number of amides is 2. The highest BCUT2D eigenvalue weighted by Crippen LogP contribution is 2.18. The molecule has 0 unspecified atom stereocenters. The first-order valence-electron chi connectivity index (χ1n) is 6.39. The van der Waals surface area contributed by atoms with Crippen molar-refractivity contribution in [2.75, 3.05) is 5.32 Å². The highest BCUT2D eigenvalue weighted by molar-refractivity contribution is 7.10. The standard InChI is InChI=1S/C15H16N2O3S/c1-9-3-4-12(11(7-9)14(18)19)17-15(20)16-8-13-10(2)5-6-21-13/h3-7H,8H2,1-2H3,(H,18,19)(H2,16,17,20). The molecule has 0 fully saturated rings. The zero-order valence-electron chi connectivity index (χ0n) is 11.8. The molecule has 0 atom stereocenters. The highest BCUT2D eigenvalue weighted by atomic mass is 32.1. The van der Waals surface area contributed by atoms with E-state index < -0.39 is 12.0 Å². The fourth-order valence-electron chi connectivity index (χ4n) is 1.86. The van der Waals surface area contributed by atoms with Gasteiger partial charge >= 0.3 is 12.0 Å². The van der Waals surface area contributed by atoms with Crippen LogP contribution in [0.15, 0.2) is 29.6 Å². The number of urea groups is 1. The summed E-state index contributed by atoms with van der Waals surface area (Å²) in [4.78, 5) is 24.1. The van der Waals surface area contributed by atoms with Crippen molar-refractivity contribution in [3.63, 3.8) is 0 Å². The van der Waals surface area contributed by atoms with Gasteiger partial charge in [-0.2, -0.15) is 0 Å². The van der Waals surface area contributed by atoms with Crippen LogP contribution in [0.4, 0.5) is 10.5 Å². The maximum atomic E-state index is 11.9. The number of aryl methyl sites for hydroxylation is 2. The van der Waals surface area contributed by atoms with Crippen LogP contribution in [-0.2, 0) is 6.54 Å². The number of thiophene rings is 1. The number of carboxylic acids is 1. The van der Waals surface area contributed by atoms with Crippen LogP contribution in [-0.4, -0.2) is 17.1 Å². The summed E-state index contributed by atoms with van der Waals surface area (Å²) in [5.41, 5.74) is 2.32. The summed E-state index contributed by atoms with van der Waals surface area (Å²) in [6, 6.07) is 6.44. The van der Waals surface area contributed by atoms with Crippen LogP contribution in [0.25, 0.3) is 0 Å². The molecule has 0 aliphatic heterocycles. The second kappa shape index (κ2) is 6.41. The summed E-state index contributed by atoms with van der Waals surface area (Å²) >= 11 is 1.57. The molecule has 1 aromatic heterocycles. The van der Waals surface area contributed by atoms with E-state index >= 15 is 0 Å². The maximum absolute atomic E-state index is 11.9. The third kappa shape index (κ3) is 3.82. The summed E-state index contributed by atoms with van der Waals surface area (Å²) in [6.45, 7) is 4.20.